The first-order chi connectivity index (χ1) is 16.2. The molecule has 0 heterocycles. The van der Waals surface area contributed by atoms with Crippen molar-refractivity contribution < 1.29 is 28.6 Å². The Morgan fingerprint density at radius 2 is 1.85 bits per heavy atom. The lowest BCUT2D eigenvalue weighted by molar-refractivity contribution is -0.145. The molecule has 10 heteroatoms. The molecular weight excluding hydrogens is 553 g/mol. The van der Waals surface area contributed by atoms with E-state index in [1.165, 1.54) is 13.3 Å². The predicted octanol–water partition coefficient (Wildman–Crippen LogP) is 3.73. The number of hydrogen-bond acceptors (Lipinski definition) is 7. The van der Waals surface area contributed by atoms with Gasteiger partial charge in [-0.05, 0) is 78.3 Å². The van der Waals surface area contributed by atoms with Crippen LogP contribution in [0.4, 0.5) is 5.69 Å². The summed E-state index contributed by atoms with van der Waals surface area (Å²) in [6.07, 6.45) is 1.48. The van der Waals surface area contributed by atoms with Crippen LogP contribution in [0.2, 0.25) is 0 Å². The molecule has 0 bridgehead atoms. The fourth-order valence-corrected chi connectivity index (χ4v) is 3.63. The molecule has 0 atom stereocenters. The molecule has 2 aromatic rings. The molecule has 9 nitrogen and oxygen atoms in total. The van der Waals surface area contributed by atoms with E-state index in [1.807, 2.05) is 32.0 Å². The molecule has 2 aromatic carbocycles. The van der Waals surface area contributed by atoms with E-state index in [2.05, 4.69) is 38.4 Å². The van der Waals surface area contributed by atoms with Crippen molar-refractivity contribution in [3.63, 3.8) is 0 Å². The maximum atomic E-state index is 12.2. The lowest BCUT2D eigenvalue weighted by atomic mass is 10.1. The fourth-order valence-electron chi connectivity index (χ4n) is 2.85. The first-order valence-electron chi connectivity index (χ1n) is 10.6. The Morgan fingerprint density at radius 3 is 2.56 bits per heavy atom. The number of ether oxygens (including phenoxy) is 3. The third kappa shape index (κ3) is 8.32. The number of carbonyl (C=O) groups excluding carboxylic acids is 3. The van der Waals surface area contributed by atoms with Crippen molar-refractivity contribution in [2.75, 3.05) is 25.6 Å². The zero-order valence-corrected chi connectivity index (χ0v) is 21.7. The van der Waals surface area contributed by atoms with Gasteiger partial charge >= 0.3 is 5.97 Å². The standard InChI is InChI=1S/C24H28IN3O6/c1-5-33-23(31)14-34-24-18(25)11-17(12-20(24)32-4)13-26-28-22(30)10-9-21(29)27-19-8-6-7-15(2)16(19)3/h6-8,11-13H,5,9-10,14H2,1-4H3,(H,27,29)(H,28,30). The van der Waals surface area contributed by atoms with Gasteiger partial charge in [-0.25, -0.2) is 10.2 Å². The summed E-state index contributed by atoms with van der Waals surface area (Å²) in [5.41, 5.74) is 5.87. The monoisotopic (exact) mass is 581 g/mol. The number of esters is 1. The number of hydrogen-bond donors (Lipinski definition) is 2. The second-order valence-corrected chi connectivity index (χ2v) is 8.38. The van der Waals surface area contributed by atoms with Gasteiger partial charge in [0.1, 0.15) is 0 Å². The minimum Gasteiger partial charge on any atom is -0.493 e. The highest BCUT2D eigenvalue weighted by atomic mass is 127. The fraction of sp³-hybridized carbons (Fsp3) is 0.333. The number of halogens is 1. The molecular formula is C24H28IN3O6. The average molecular weight is 581 g/mol. The summed E-state index contributed by atoms with van der Waals surface area (Å²) in [6.45, 7) is 5.66. The summed E-state index contributed by atoms with van der Waals surface area (Å²) >= 11 is 2.05. The van der Waals surface area contributed by atoms with Gasteiger partial charge in [0, 0.05) is 18.5 Å². The van der Waals surface area contributed by atoms with Gasteiger partial charge < -0.3 is 19.5 Å². The van der Waals surface area contributed by atoms with Gasteiger partial charge in [-0.2, -0.15) is 5.10 Å². The van der Waals surface area contributed by atoms with Gasteiger partial charge in [-0.15, -0.1) is 0 Å². The molecule has 0 fully saturated rings. The Kier molecular flexibility index (Phi) is 10.8. The van der Waals surface area contributed by atoms with Gasteiger partial charge in [0.05, 0.1) is 23.5 Å². The van der Waals surface area contributed by atoms with Crippen LogP contribution < -0.4 is 20.2 Å². The second-order valence-electron chi connectivity index (χ2n) is 7.22. The Labute approximate surface area is 212 Å². The topological polar surface area (TPSA) is 115 Å². The molecule has 2 amide bonds. The van der Waals surface area contributed by atoms with Crippen molar-refractivity contribution in [1.82, 2.24) is 5.43 Å². The van der Waals surface area contributed by atoms with Crippen molar-refractivity contribution in [2.45, 2.75) is 33.6 Å². The normalized spacial score (nSPS) is 10.6. The minimum atomic E-state index is -0.476. The Hall–Kier alpha value is -3.15. The van der Waals surface area contributed by atoms with Crippen molar-refractivity contribution in [3.05, 3.63) is 50.6 Å². The molecule has 34 heavy (non-hydrogen) atoms. The number of nitrogens with one attached hydrogen (secondary N) is 2. The van der Waals surface area contributed by atoms with E-state index < -0.39 is 5.97 Å². The molecule has 0 aliphatic rings. The highest BCUT2D eigenvalue weighted by molar-refractivity contribution is 14.1. The van der Waals surface area contributed by atoms with Crippen molar-refractivity contribution in [3.8, 4) is 11.5 Å². The smallest absolute Gasteiger partial charge is 0.344 e. The number of hydrazone groups is 1. The summed E-state index contributed by atoms with van der Waals surface area (Å²) in [5.74, 6) is -0.287. The summed E-state index contributed by atoms with van der Waals surface area (Å²) in [7, 11) is 1.48. The first kappa shape index (κ1) is 27.1. The van der Waals surface area contributed by atoms with Crippen LogP contribution in [0.1, 0.15) is 36.5 Å². The van der Waals surface area contributed by atoms with E-state index in [1.54, 1.807) is 19.1 Å². The summed E-state index contributed by atoms with van der Waals surface area (Å²) < 4.78 is 16.4. The molecule has 0 unspecified atom stereocenters. The number of aryl methyl sites for hydroxylation is 1. The first-order valence-corrected chi connectivity index (χ1v) is 11.7. The second kappa shape index (κ2) is 13.5. The quantitative estimate of drug-likeness (QED) is 0.181. The summed E-state index contributed by atoms with van der Waals surface area (Å²) in [4.78, 5) is 35.8. The van der Waals surface area contributed by atoms with Crippen LogP contribution in [-0.4, -0.2) is 44.3 Å². The van der Waals surface area contributed by atoms with Gasteiger partial charge in [0.15, 0.2) is 18.1 Å². The molecule has 0 aromatic heterocycles. The zero-order chi connectivity index (χ0) is 25.1. The van der Waals surface area contributed by atoms with E-state index in [0.29, 0.717) is 20.6 Å². The molecule has 182 valence electrons. The van der Waals surface area contributed by atoms with Crippen molar-refractivity contribution in [1.29, 1.82) is 0 Å². The lowest BCUT2D eigenvalue weighted by Crippen LogP contribution is -2.21. The number of anilines is 1. The number of benzene rings is 2. The van der Waals surface area contributed by atoms with Crippen molar-refractivity contribution in [2.24, 2.45) is 5.10 Å². The summed E-state index contributed by atoms with van der Waals surface area (Å²) in [5, 5.41) is 6.77. The number of rotatable bonds is 11. The summed E-state index contributed by atoms with van der Waals surface area (Å²) in [6, 6.07) is 9.09. The third-order valence-electron chi connectivity index (χ3n) is 4.75. The van der Waals surface area contributed by atoms with E-state index in [0.717, 1.165) is 16.8 Å². The molecule has 0 saturated carbocycles. The Balaban J connectivity index is 1.88. The predicted molar refractivity (Wildman–Crippen MR) is 137 cm³/mol. The lowest BCUT2D eigenvalue weighted by Gasteiger charge is -2.13. The SMILES string of the molecule is CCOC(=O)COc1c(I)cc(C=NNC(=O)CCC(=O)Nc2cccc(C)c2C)cc1OC. The van der Waals surface area contributed by atoms with E-state index in [-0.39, 0.29) is 37.9 Å². The maximum absolute atomic E-state index is 12.2. The van der Waals surface area contributed by atoms with Crippen LogP contribution in [0.25, 0.3) is 0 Å². The van der Waals surface area contributed by atoms with Gasteiger partial charge in [0.2, 0.25) is 11.8 Å². The molecule has 0 spiro atoms. The van der Waals surface area contributed by atoms with E-state index in [9.17, 15) is 14.4 Å². The molecule has 2 N–H and O–H groups in total. The van der Waals surface area contributed by atoms with Crippen LogP contribution in [0.3, 0.4) is 0 Å². The Morgan fingerprint density at radius 1 is 1.12 bits per heavy atom. The molecule has 0 aliphatic carbocycles. The molecule has 0 saturated heterocycles. The highest BCUT2D eigenvalue weighted by Gasteiger charge is 2.14. The van der Waals surface area contributed by atoms with E-state index >= 15 is 0 Å². The van der Waals surface area contributed by atoms with Gasteiger partial charge in [-0.1, -0.05) is 12.1 Å². The largest absolute Gasteiger partial charge is 0.493 e. The number of amides is 2. The highest BCUT2D eigenvalue weighted by Crippen LogP contribution is 2.33. The van der Waals surface area contributed by atoms with Crippen LogP contribution in [0.5, 0.6) is 11.5 Å². The van der Waals surface area contributed by atoms with Crippen LogP contribution in [-0.2, 0) is 19.1 Å². The van der Waals surface area contributed by atoms with Gasteiger partial charge in [0.25, 0.3) is 0 Å². The van der Waals surface area contributed by atoms with Crippen molar-refractivity contribution >= 4 is 52.3 Å². The third-order valence-corrected chi connectivity index (χ3v) is 5.55. The maximum Gasteiger partial charge on any atom is 0.344 e. The van der Waals surface area contributed by atoms with E-state index in [4.69, 9.17) is 14.2 Å². The zero-order valence-electron chi connectivity index (χ0n) is 19.6. The number of methoxy groups -OCH3 is 1. The van der Waals surface area contributed by atoms with Crippen LogP contribution in [0, 0.1) is 17.4 Å². The Bertz CT molecular complexity index is 1070. The average Bonchev–Trinajstić information content (AvgIpc) is 2.80. The van der Waals surface area contributed by atoms with Gasteiger partial charge in [-0.3, -0.25) is 9.59 Å². The van der Waals surface area contributed by atoms with Crippen LogP contribution in [0.15, 0.2) is 35.4 Å². The number of carbonyl (C=O) groups is 3. The number of nitrogens with zero attached hydrogens (tertiary/aromatic N) is 1. The molecule has 0 radical (unpaired) electrons. The molecule has 2 rings (SSSR count). The molecule has 0 aliphatic heterocycles. The minimum absolute atomic E-state index is 0.00443. The van der Waals surface area contributed by atoms with Crippen LogP contribution >= 0.6 is 22.6 Å².